The van der Waals surface area contributed by atoms with Gasteiger partial charge in [0.05, 0.1) is 0 Å². The van der Waals surface area contributed by atoms with Gasteiger partial charge in [-0.2, -0.15) is 0 Å². The molecule has 0 saturated carbocycles. The van der Waals surface area contributed by atoms with E-state index in [9.17, 15) is 4.79 Å². The van der Waals surface area contributed by atoms with Crippen LogP contribution in [0.15, 0.2) is 72.9 Å². The van der Waals surface area contributed by atoms with E-state index in [-0.39, 0.29) is 12.4 Å². The van der Waals surface area contributed by atoms with Crippen LogP contribution in [0.4, 0.5) is 0 Å². The minimum atomic E-state index is -0.0141. The van der Waals surface area contributed by atoms with E-state index in [0.29, 0.717) is 5.56 Å². The molecule has 0 aliphatic heterocycles. The maximum atomic E-state index is 12.6. The number of ether oxygens (including phenoxy) is 1. The fourth-order valence-corrected chi connectivity index (χ4v) is 3.11. The van der Waals surface area contributed by atoms with Gasteiger partial charge in [0.15, 0.2) is 6.61 Å². The molecule has 3 aromatic carbocycles. The SMILES string of the molecule is Cn1cc(C(=O)COc2cccc3ccccc23)c2ccccc21. The van der Waals surface area contributed by atoms with E-state index < -0.39 is 0 Å². The van der Waals surface area contributed by atoms with Crippen LogP contribution in [-0.4, -0.2) is 17.0 Å². The quantitative estimate of drug-likeness (QED) is 0.516. The summed E-state index contributed by atoms with van der Waals surface area (Å²) in [6.07, 6.45) is 1.87. The smallest absolute Gasteiger partial charge is 0.202 e. The minimum Gasteiger partial charge on any atom is -0.485 e. The fourth-order valence-electron chi connectivity index (χ4n) is 3.11. The normalized spacial score (nSPS) is 11.0. The number of hydrogen-bond acceptors (Lipinski definition) is 2. The molecule has 0 bridgehead atoms. The number of rotatable bonds is 4. The van der Waals surface area contributed by atoms with Gasteiger partial charge in [0.2, 0.25) is 5.78 Å². The average Bonchev–Trinajstić information content (AvgIpc) is 2.97. The Labute approximate surface area is 140 Å². The fraction of sp³-hybridized carbons (Fsp3) is 0.0952. The molecule has 0 saturated heterocycles. The van der Waals surface area contributed by atoms with Gasteiger partial charge in [0, 0.05) is 35.1 Å². The van der Waals surface area contributed by atoms with Crippen LogP contribution in [0.25, 0.3) is 21.7 Å². The van der Waals surface area contributed by atoms with Crippen molar-refractivity contribution in [1.82, 2.24) is 4.57 Å². The van der Waals surface area contributed by atoms with Crippen LogP contribution in [0.2, 0.25) is 0 Å². The second-order valence-corrected chi connectivity index (χ2v) is 5.86. The number of aryl methyl sites for hydroxylation is 1. The van der Waals surface area contributed by atoms with Crippen molar-refractivity contribution in [2.45, 2.75) is 0 Å². The van der Waals surface area contributed by atoms with Crippen LogP contribution in [0.3, 0.4) is 0 Å². The van der Waals surface area contributed by atoms with E-state index in [1.165, 1.54) is 0 Å². The molecule has 0 amide bonds. The third kappa shape index (κ3) is 2.44. The zero-order valence-corrected chi connectivity index (χ0v) is 13.4. The van der Waals surface area contributed by atoms with Crippen LogP contribution < -0.4 is 4.74 Å². The van der Waals surface area contributed by atoms with E-state index in [1.54, 1.807) is 0 Å². The summed E-state index contributed by atoms with van der Waals surface area (Å²) in [5.74, 6) is 0.724. The summed E-state index contributed by atoms with van der Waals surface area (Å²) in [7, 11) is 1.95. The van der Waals surface area contributed by atoms with E-state index in [0.717, 1.165) is 27.4 Å². The summed E-state index contributed by atoms with van der Waals surface area (Å²) in [4.78, 5) is 12.6. The number of carbonyl (C=O) groups excluding carboxylic acids is 1. The summed E-state index contributed by atoms with van der Waals surface area (Å²) in [5.41, 5.74) is 1.75. The third-order valence-electron chi connectivity index (χ3n) is 4.31. The van der Waals surface area contributed by atoms with Gasteiger partial charge in [-0.05, 0) is 17.5 Å². The van der Waals surface area contributed by atoms with Gasteiger partial charge in [-0.15, -0.1) is 0 Å². The van der Waals surface area contributed by atoms with Crippen molar-refractivity contribution in [2.75, 3.05) is 6.61 Å². The predicted molar refractivity (Wildman–Crippen MR) is 96.7 cm³/mol. The van der Waals surface area contributed by atoms with E-state index in [4.69, 9.17) is 4.74 Å². The highest BCUT2D eigenvalue weighted by atomic mass is 16.5. The number of fused-ring (bicyclic) bond motifs is 2. The van der Waals surface area contributed by atoms with Crippen LogP contribution in [0.5, 0.6) is 5.75 Å². The Balaban J connectivity index is 1.62. The lowest BCUT2D eigenvalue weighted by Gasteiger charge is -2.08. The standard InChI is InChI=1S/C21H17NO2/c1-22-13-18(17-10-4-5-11-19(17)22)20(23)14-24-21-12-6-8-15-7-2-3-9-16(15)21/h2-13H,14H2,1H3. The van der Waals surface area contributed by atoms with Gasteiger partial charge in [0.25, 0.3) is 0 Å². The molecule has 0 aliphatic carbocycles. The molecule has 0 N–H and O–H groups in total. The van der Waals surface area contributed by atoms with Crippen LogP contribution in [0, 0.1) is 0 Å². The van der Waals surface area contributed by atoms with Crippen molar-refractivity contribution >= 4 is 27.5 Å². The maximum absolute atomic E-state index is 12.6. The van der Waals surface area contributed by atoms with Crippen LogP contribution in [0.1, 0.15) is 10.4 Å². The zero-order valence-electron chi connectivity index (χ0n) is 13.4. The van der Waals surface area contributed by atoms with Crippen molar-refractivity contribution < 1.29 is 9.53 Å². The Morgan fingerprint density at radius 3 is 2.50 bits per heavy atom. The lowest BCUT2D eigenvalue weighted by Crippen LogP contribution is -2.11. The topological polar surface area (TPSA) is 31.2 Å². The van der Waals surface area contributed by atoms with Crippen molar-refractivity contribution in [1.29, 1.82) is 0 Å². The van der Waals surface area contributed by atoms with Gasteiger partial charge in [-0.1, -0.05) is 54.6 Å². The Bertz CT molecular complexity index is 1040. The number of aromatic nitrogens is 1. The third-order valence-corrected chi connectivity index (χ3v) is 4.31. The first kappa shape index (κ1) is 14.5. The van der Waals surface area contributed by atoms with Gasteiger partial charge in [0.1, 0.15) is 5.75 Å². The lowest BCUT2D eigenvalue weighted by molar-refractivity contribution is 0.0924. The molecule has 0 aliphatic rings. The second kappa shape index (κ2) is 5.85. The first-order chi connectivity index (χ1) is 11.7. The van der Waals surface area contributed by atoms with Gasteiger partial charge in [-0.3, -0.25) is 4.79 Å². The van der Waals surface area contributed by atoms with Crippen molar-refractivity contribution in [2.24, 2.45) is 7.05 Å². The summed E-state index contributed by atoms with van der Waals surface area (Å²) in [5, 5.41) is 3.09. The van der Waals surface area contributed by atoms with Gasteiger partial charge >= 0.3 is 0 Å². The van der Waals surface area contributed by atoms with Crippen molar-refractivity contribution in [3.63, 3.8) is 0 Å². The molecule has 4 aromatic rings. The monoisotopic (exact) mass is 315 g/mol. The summed E-state index contributed by atoms with van der Waals surface area (Å²) < 4.78 is 7.81. The second-order valence-electron chi connectivity index (χ2n) is 5.86. The highest BCUT2D eigenvalue weighted by Crippen LogP contribution is 2.26. The molecular formula is C21H17NO2. The molecule has 118 valence electrons. The predicted octanol–water partition coefficient (Wildman–Crippen LogP) is 4.59. The van der Waals surface area contributed by atoms with Crippen LogP contribution >= 0.6 is 0 Å². The lowest BCUT2D eigenvalue weighted by atomic mass is 10.1. The maximum Gasteiger partial charge on any atom is 0.202 e. The number of carbonyl (C=O) groups is 1. The number of ketones is 1. The highest BCUT2D eigenvalue weighted by Gasteiger charge is 2.14. The minimum absolute atomic E-state index is 0.0141. The molecule has 4 rings (SSSR count). The molecular weight excluding hydrogens is 298 g/mol. The Kier molecular flexibility index (Phi) is 3.54. The highest BCUT2D eigenvalue weighted by molar-refractivity contribution is 6.08. The summed E-state index contributed by atoms with van der Waals surface area (Å²) >= 11 is 0. The molecule has 1 heterocycles. The number of para-hydroxylation sites is 1. The van der Waals surface area contributed by atoms with E-state index in [2.05, 4.69) is 0 Å². The largest absolute Gasteiger partial charge is 0.485 e. The molecule has 0 unspecified atom stereocenters. The molecule has 0 radical (unpaired) electrons. The van der Waals surface area contributed by atoms with E-state index >= 15 is 0 Å². The Morgan fingerprint density at radius 1 is 0.917 bits per heavy atom. The molecule has 3 nitrogen and oxygen atoms in total. The van der Waals surface area contributed by atoms with E-state index in [1.807, 2.05) is 84.5 Å². The molecule has 1 aromatic heterocycles. The zero-order chi connectivity index (χ0) is 16.5. The number of benzene rings is 3. The first-order valence-electron chi connectivity index (χ1n) is 7.92. The Morgan fingerprint density at radius 2 is 1.62 bits per heavy atom. The number of Topliss-reactive ketones (excluding diaryl/α,β-unsaturated/α-hetero) is 1. The summed E-state index contributed by atoms with van der Waals surface area (Å²) in [6.45, 7) is 0.0298. The number of hydrogen-bond donors (Lipinski definition) is 0. The average molecular weight is 315 g/mol. The first-order valence-corrected chi connectivity index (χ1v) is 7.92. The molecule has 0 atom stereocenters. The van der Waals surface area contributed by atoms with Crippen LogP contribution in [-0.2, 0) is 7.05 Å². The Hall–Kier alpha value is -3.07. The molecule has 0 fully saturated rings. The molecule has 0 spiro atoms. The van der Waals surface area contributed by atoms with Gasteiger partial charge in [-0.25, -0.2) is 0 Å². The molecule has 3 heteroatoms. The van der Waals surface area contributed by atoms with Crippen molar-refractivity contribution in [3.8, 4) is 5.75 Å². The molecule has 24 heavy (non-hydrogen) atoms. The number of nitrogens with zero attached hydrogens (tertiary/aromatic N) is 1. The van der Waals surface area contributed by atoms with Gasteiger partial charge < -0.3 is 9.30 Å². The van der Waals surface area contributed by atoms with Crippen molar-refractivity contribution in [3.05, 3.63) is 78.5 Å². The summed E-state index contributed by atoms with van der Waals surface area (Å²) in [6, 6.07) is 21.8.